The van der Waals surface area contributed by atoms with Crippen molar-refractivity contribution in [2.75, 3.05) is 6.54 Å². The molecule has 0 aromatic heterocycles. The summed E-state index contributed by atoms with van der Waals surface area (Å²) in [4.78, 5) is 10.4. The van der Waals surface area contributed by atoms with Gasteiger partial charge in [0, 0.05) is 4.41 Å². The van der Waals surface area contributed by atoms with E-state index in [0.29, 0.717) is 0 Å². The molecular weight excluding hydrogens is 246 g/mol. The number of rotatable bonds is 4. The molecule has 0 aliphatic rings. The molecule has 0 saturated heterocycles. The van der Waals surface area contributed by atoms with Gasteiger partial charge in [0.2, 0.25) is 0 Å². The molecule has 0 spiro atoms. The molecule has 0 atom stereocenters. The third kappa shape index (κ3) is 2.70. The molecule has 90 valence electrons. The van der Waals surface area contributed by atoms with E-state index < -0.39 is 21.6 Å². The highest BCUT2D eigenvalue weighted by atomic mass is 32.2. The first-order valence-electron chi connectivity index (χ1n) is 4.50. The Hall–Kier alpha value is -2.14. The molecule has 0 unspecified atom stereocenters. The standard InChI is InChI=1S/C9H9N3O4S/c1-8-2-4-9(5-3-8)17(15,16)11(7-6-10)12(13)14/h2-5H,7H2,1H3. The molecular formula is C9H9N3O4S. The highest BCUT2D eigenvalue weighted by molar-refractivity contribution is 7.89. The maximum absolute atomic E-state index is 11.8. The van der Waals surface area contributed by atoms with Crippen molar-refractivity contribution in [3.05, 3.63) is 39.9 Å². The maximum Gasteiger partial charge on any atom is 0.314 e. The van der Waals surface area contributed by atoms with Crippen LogP contribution in [0.25, 0.3) is 0 Å². The first-order valence-corrected chi connectivity index (χ1v) is 5.94. The van der Waals surface area contributed by atoms with Crippen LogP contribution in [0.2, 0.25) is 0 Å². The maximum atomic E-state index is 11.8. The van der Waals surface area contributed by atoms with Crippen molar-refractivity contribution in [2.45, 2.75) is 11.8 Å². The van der Waals surface area contributed by atoms with Crippen LogP contribution in [0.1, 0.15) is 5.56 Å². The summed E-state index contributed by atoms with van der Waals surface area (Å²) in [5.41, 5.74) is 0.830. The van der Waals surface area contributed by atoms with E-state index in [9.17, 15) is 18.5 Å². The minimum atomic E-state index is -4.27. The van der Waals surface area contributed by atoms with E-state index in [2.05, 4.69) is 0 Å². The van der Waals surface area contributed by atoms with Crippen molar-refractivity contribution >= 4 is 10.0 Å². The SMILES string of the molecule is Cc1ccc(S(=O)(=O)N(CC#N)[N+](=O)[O-])cc1. The summed E-state index contributed by atoms with van der Waals surface area (Å²) in [7, 11) is -4.27. The molecule has 1 aromatic rings. The van der Waals surface area contributed by atoms with Crippen LogP contribution in [0.5, 0.6) is 0 Å². The van der Waals surface area contributed by atoms with Gasteiger partial charge in [-0.15, -0.1) is 0 Å². The van der Waals surface area contributed by atoms with E-state index in [4.69, 9.17) is 5.26 Å². The quantitative estimate of drug-likeness (QED) is 0.447. The smallest absolute Gasteiger partial charge is 0.234 e. The van der Waals surface area contributed by atoms with Crippen molar-refractivity contribution in [2.24, 2.45) is 0 Å². The Morgan fingerprint density at radius 1 is 1.41 bits per heavy atom. The average molecular weight is 255 g/mol. The molecule has 0 aliphatic heterocycles. The summed E-state index contributed by atoms with van der Waals surface area (Å²) in [6.45, 7) is 0.931. The van der Waals surface area contributed by atoms with Gasteiger partial charge in [0.25, 0.3) is 0 Å². The highest BCUT2D eigenvalue weighted by Crippen LogP contribution is 2.15. The van der Waals surface area contributed by atoms with Gasteiger partial charge in [-0.2, -0.15) is 13.7 Å². The number of hydrazine groups is 1. The van der Waals surface area contributed by atoms with Crippen LogP contribution in [0.4, 0.5) is 0 Å². The molecule has 0 heterocycles. The first kappa shape index (κ1) is 12.9. The number of hydrogen-bond donors (Lipinski definition) is 0. The minimum absolute atomic E-state index is 0.0856. The summed E-state index contributed by atoms with van der Waals surface area (Å²) in [6.07, 6.45) is 0. The lowest BCUT2D eigenvalue weighted by Gasteiger charge is -2.11. The Morgan fingerprint density at radius 2 is 1.94 bits per heavy atom. The number of nitriles is 1. The van der Waals surface area contributed by atoms with Gasteiger partial charge in [0.1, 0.15) is 0 Å². The Morgan fingerprint density at radius 3 is 2.35 bits per heavy atom. The van der Waals surface area contributed by atoms with E-state index >= 15 is 0 Å². The molecule has 0 radical (unpaired) electrons. The van der Waals surface area contributed by atoms with E-state index in [1.165, 1.54) is 30.3 Å². The van der Waals surface area contributed by atoms with E-state index in [-0.39, 0.29) is 9.31 Å². The van der Waals surface area contributed by atoms with Crippen LogP contribution in [0, 0.1) is 28.4 Å². The van der Waals surface area contributed by atoms with Gasteiger partial charge < -0.3 is 0 Å². The molecule has 8 heteroatoms. The fourth-order valence-electron chi connectivity index (χ4n) is 1.12. The second kappa shape index (κ2) is 4.80. The average Bonchev–Trinajstić information content (AvgIpc) is 2.25. The number of nitrogens with zero attached hydrogens (tertiary/aromatic N) is 3. The number of benzene rings is 1. The molecule has 0 amide bonds. The van der Waals surface area contributed by atoms with Gasteiger partial charge in [-0.25, -0.2) is 10.1 Å². The van der Waals surface area contributed by atoms with Gasteiger partial charge in [-0.3, -0.25) is 0 Å². The Bertz CT molecular complexity index is 559. The number of sulfonamides is 1. The fraction of sp³-hybridized carbons (Fsp3) is 0.222. The van der Waals surface area contributed by atoms with Gasteiger partial charge >= 0.3 is 10.0 Å². The monoisotopic (exact) mass is 255 g/mol. The molecule has 7 nitrogen and oxygen atoms in total. The topological polar surface area (TPSA) is 104 Å². The van der Waals surface area contributed by atoms with E-state index in [0.717, 1.165) is 5.56 Å². The largest absolute Gasteiger partial charge is 0.314 e. The summed E-state index contributed by atoms with van der Waals surface area (Å²) < 4.78 is 23.5. The molecule has 1 rings (SSSR count). The van der Waals surface area contributed by atoms with Gasteiger partial charge in [0.05, 0.1) is 11.0 Å². The van der Waals surface area contributed by atoms with Crippen molar-refractivity contribution in [1.29, 1.82) is 5.26 Å². The second-order valence-corrected chi connectivity index (χ2v) is 5.04. The fourth-order valence-corrected chi connectivity index (χ4v) is 2.25. The second-order valence-electron chi connectivity index (χ2n) is 3.19. The van der Waals surface area contributed by atoms with Crippen molar-refractivity contribution in [3.8, 4) is 6.07 Å². The third-order valence-electron chi connectivity index (χ3n) is 1.98. The number of nitro groups is 1. The van der Waals surface area contributed by atoms with Crippen LogP contribution < -0.4 is 0 Å². The summed E-state index contributed by atoms with van der Waals surface area (Å²) in [5, 5.41) is 17.8. The molecule has 0 saturated carbocycles. The molecule has 0 aliphatic carbocycles. The predicted molar refractivity (Wildman–Crippen MR) is 57.7 cm³/mol. The lowest BCUT2D eigenvalue weighted by Crippen LogP contribution is -2.36. The zero-order valence-corrected chi connectivity index (χ0v) is 9.72. The Kier molecular flexibility index (Phi) is 3.65. The first-order chi connectivity index (χ1) is 7.89. The van der Waals surface area contributed by atoms with Gasteiger partial charge in [-0.1, -0.05) is 17.7 Å². The van der Waals surface area contributed by atoms with E-state index in [1.807, 2.05) is 0 Å². The van der Waals surface area contributed by atoms with Crippen molar-refractivity contribution in [3.63, 3.8) is 0 Å². The van der Waals surface area contributed by atoms with Crippen LogP contribution in [-0.4, -0.2) is 24.4 Å². The molecule has 0 bridgehead atoms. The minimum Gasteiger partial charge on any atom is -0.234 e. The zero-order valence-electron chi connectivity index (χ0n) is 8.90. The molecule has 0 fully saturated rings. The Balaban J connectivity index is 3.22. The molecule has 1 aromatic carbocycles. The lowest BCUT2D eigenvalue weighted by molar-refractivity contribution is -0.617. The zero-order chi connectivity index (χ0) is 13.1. The summed E-state index contributed by atoms with van der Waals surface area (Å²) in [6, 6.07) is 7.02. The van der Waals surface area contributed by atoms with Crippen LogP contribution in [-0.2, 0) is 10.0 Å². The predicted octanol–water partition coefficient (Wildman–Crippen LogP) is 0.701. The van der Waals surface area contributed by atoms with Crippen LogP contribution in [0.15, 0.2) is 29.2 Å². The van der Waals surface area contributed by atoms with Crippen LogP contribution in [0.3, 0.4) is 0 Å². The number of aryl methyl sites for hydroxylation is 1. The van der Waals surface area contributed by atoms with Crippen molar-refractivity contribution in [1.82, 2.24) is 4.41 Å². The normalized spacial score (nSPS) is 10.6. The van der Waals surface area contributed by atoms with Gasteiger partial charge in [0.15, 0.2) is 11.6 Å². The van der Waals surface area contributed by atoms with Gasteiger partial charge in [-0.05, 0) is 19.1 Å². The molecule has 0 N–H and O–H groups in total. The Labute approximate surface area is 98.1 Å². The summed E-state index contributed by atoms with van der Waals surface area (Å²) >= 11 is 0. The number of hydrogen-bond acceptors (Lipinski definition) is 5. The summed E-state index contributed by atoms with van der Waals surface area (Å²) in [5.74, 6) is 0. The van der Waals surface area contributed by atoms with Crippen molar-refractivity contribution < 1.29 is 13.5 Å². The lowest BCUT2D eigenvalue weighted by atomic mass is 10.2. The highest BCUT2D eigenvalue weighted by Gasteiger charge is 2.32. The third-order valence-corrected chi connectivity index (χ3v) is 3.67. The van der Waals surface area contributed by atoms with E-state index in [1.54, 1.807) is 6.92 Å². The molecule has 17 heavy (non-hydrogen) atoms. The van der Waals surface area contributed by atoms with Crippen LogP contribution >= 0.6 is 0 Å².